The van der Waals surface area contributed by atoms with Gasteiger partial charge in [-0.2, -0.15) is 0 Å². The molecule has 1 N–H and O–H groups in total. The molecule has 0 aliphatic carbocycles. The van der Waals surface area contributed by atoms with Crippen LogP contribution in [0.5, 0.6) is 5.88 Å². The van der Waals surface area contributed by atoms with E-state index in [1.54, 1.807) is 13.4 Å². The molecule has 1 aromatic heterocycles. The van der Waals surface area contributed by atoms with Crippen LogP contribution in [0.25, 0.3) is 0 Å². The van der Waals surface area contributed by atoms with Gasteiger partial charge >= 0.3 is 0 Å². The summed E-state index contributed by atoms with van der Waals surface area (Å²) >= 11 is 0. The molecule has 1 aromatic carbocycles. The third-order valence-corrected chi connectivity index (χ3v) is 3.24. The maximum Gasteiger partial charge on any atom is 0.216 e. The van der Waals surface area contributed by atoms with Crippen molar-refractivity contribution in [3.63, 3.8) is 0 Å². The van der Waals surface area contributed by atoms with E-state index in [1.165, 1.54) is 5.56 Å². The first-order valence-corrected chi connectivity index (χ1v) is 6.96. The average Bonchev–Trinajstić information content (AvgIpc) is 2.52. The van der Waals surface area contributed by atoms with Crippen LogP contribution in [0.2, 0.25) is 0 Å². The highest BCUT2D eigenvalue weighted by molar-refractivity contribution is 5.18. The third kappa shape index (κ3) is 4.03. The third-order valence-electron chi connectivity index (χ3n) is 3.24. The largest absolute Gasteiger partial charge is 0.481 e. The monoisotopic (exact) mass is 271 g/mol. The summed E-state index contributed by atoms with van der Waals surface area (Å²) in [4.78, 5) is 8.42. The molecular weight excluding hydrogens is 250 g/mol. The summed E-state index contributed by atoms with van der Waals surface area (Å²) in [6.45, 7) is 3.01. The van der Waals surface area contributed by atoms with E-state index in [0.717, 1.165) is 25.1 Å². The second-order valence-corrected chi connectivity index (χ2v) is 4.62. The van der Waals surface area contributed by atoms with Gasteiger partial charge in [0.25, 0.3) is 0 Å². The highest BCUT2D eigenvalue weighted by Gasteiger charge is 2.13. The summed E-state index contributed by atoms with van der Waals surface area (Å²) < 4.78 is 5.17. The number of hydrogen-bond acceptors (Lipinski definition) is 4. The van der Waals surface area contributed by atoms with Gasteiger partial charge in [-0.1, -0.05) is 37.3 Å². The zero-order valence-electron chi connectivity index (χ0n) is 12.0. The number of methoxy groups -OCH3 is 1. The predicted octanol–water partition coefficient (Wildman–Crippen LogP) is 2.77. The molecule has 2 rings (SSSR count). The lowest BCUT2D eigenvalue weighted by Gasteiger charge is -2.17. The Morgan fingerprint density at radius 2 is 2.00 bits per heavy atom. The Morgan fingerprint density at radius 3 is 2.70 bits per heavy atom. The zero-order chi connectivity index (χ0) is 14.2. The number of rotatable bonds is 7. The molecule has 1 heterocycles. The lowest BCUT2D eigenvalue weighted by Crippen LogP contribution is -2.22. The SMILES string of the molecule is CCNC(CCc1ccccc1)c1cc(OC)ncn1. The van der Waals surface area contributed by atoms with Gasteiger partial charge in [-0.15, -0.1) is 0 Å². The summed E-state index contributed by atoms with van der Waals surface area (Å²) in [6.07, 6.45) is 3.57. The van der Waals surface area contributed by atoms with Gasteiger partial charge in [0, 0.05) is 6.07 Å². The Balaban J connectivity index is 2.06. The molecule has 4 heteroatoms. The van der Waals surface area contributed by atoms with Crippen LogP contribution in [0.15, 0.2) is 42.7 Å². The van der Waals surface area contributed by atoms with Crippen molar-refractivity contribution in [2.24, 2.45) is 0 Å². The lowest BCUT2D eigenvalue weighted by molar-refractivity contribution is 0.393. The number of nitrogens with zero attached hydrogens (tertiary/aromatic N) is 2. The van der Waals surface area contributed by atoms with E-state index >= 15 is 0 Å². The van der Waals surface area contributed by atoms with E-state index in [9.17, 15) is 0 Å². The van der Waals surface area contributed by atoms with E-state index in [4.69, 9.17) is 4.74 Å². The molecule has 0 spiro atoms. The van der Waals surface area contributed by atoms with Crippen LogP contribution < -0.4 is 10.1 Å². The van der Waals surface area contributed by atoms with Gasteiger partial charge in [0.1, 0.15) is 6.33 Å². The van der Waals surface area contributed by atoms with Crippen LogP contribution in [0.4, 0.5) is 0 Å². The van der Waals surface area contributed by atoms with Crippen molar-refractivity contribution < 1.29 is 4.74 Å². The topological polar surface area (TPSA) is 47.0 Å². The highest BCUT2D eigenvalue weighted by Crippen LogP contribution is 2.19. The number of nitrogens with one attached hydrogen (secondary N) is 1. The van der Waals surface area contributed by atoms with Crippen molar-refractivity contribution in [1.82, 2.24) is 15.3 Å². The van der Waals surface area contributed by atoms with Crippen molar-refractivity contribution in [2.75, 3.05) is 13.7 Å². The number of hydrogen-bond donors (Lipinski definition) is 1. The quantitative estimate of drug-likeness (QED) is 0.841. The van der Waals surface area contributed by atoms with E-state index in [-0.39, 0.29) is 6.04 Å². The first-order chi connectivity index (χ1) is 9.83. The van der Waals surface area contributed by atoms with E-state index in [0.29, 0.717) is 5.88 Å². The first-order valence-electron chi connectivity index (χ1n) is 6.96. The van der Waals surface area contributed by atoms with Crippen LogP contribution in [0, 0.1) is 0 Å². The van der Waals surface area contributed by atoms with Crippen molar-refractivity contribution in [3.05, 3.63) is 54.0 Å². The molecule has 2 aromatic rings. The van der Waals surface area contributed by atoms with Gasteiger partial charge in [0.05, 0.1) is 18.8 Å². The van der Waals surface area contributed by atoms with Crippen molar-refractivity contribution >= 4 is 0 Å². The second kappa shape index (κ2) is 7.60. The van der Waals surface area contributed by atoms with Crippen molar-refractivity contribution in [1.29, 1.82) is 0 Å². The number of aryl methyl sites for hydroxylation is 1. The molecule has 0 radical (unpaired) electrons. The minimum atomic E-state index is 0.220. The van der Waals surface area contributed by atoms with Crippen LogP contribution >= 0.6 is 0 Å². The molecule has 1 atom stereocenters. The maximum absolute atomic E-state index is 5.17. The van der Waals surface area contributed by atoms with Gasteiger partial charge in [-0.25, -0.2) is 9.97 Å². The summed E-state index contributed by atoms with van der Waals surface area (Å²) in [6, 6.07) is 12.6. The Kier molecular flexibility index (Phi) is 5.50. The van der Waals surface area contributed by atoms with E-state index < -0.39 is 0 Å². The predicted molar refractivity (Wildman–Crippen MR) is 79.8 cm³/mol. The van der Waals surface area contributed by atoms with Crippen LogP contribution in [-0.2, 0) is 6.42 Å². The summed E-state index contributed by atoms with van der Waals surface area (Å²) in [7, 11) is 1.62. The number of benzene rings is 1. The maximum atomic E-state index is 5.17. The first kappa shape index (κ1) is 14.5. The molecule has 4 nitrogen and oxygen atoms in total. The summed E-state index contributed by atoms with van der Waals surface area (Å²) in [5, 5.41) is 3.47. The van der Waals surface area contributed by atoms with E-state index in [2.05, 4.69) is 46.5 Å². The zero-order valence-corrected chi connectivity index (χ0v) is 12.0. The van der Waals surface area contributed by atoms with E-state index in [1.807, 2.05) is 12.1 Å². The molecule has 0 saturated carbocycles. The average molecular weight is 271 g/mol. The van der Waals surface area contributed by atoms with Gasteiger partial charge < -0.3 is 10.1 Å². The van der Waals surface area contributed by atoms with Gasteiger partial charge in [-0.3, -0.25) is 0 Å². The van der Waals surface area contributed by atoms with Gasteiger partial charge in [-0.05, 0) is 24.9 Å². The molecule has 20 heavy (non-hydrogen) atoms. The van der Waals surface area contributed by atoms with Crippen LogP contribution in [0.1, 0.15) is 30.6 Å². The molecule has 0 aliphatic rings. The molecule has 106 valence electrons. The Morgan fingerprint density at radius 1 is 1.20 bits per heavy atom. The van der Waals surface area contributed by atoms with Crippen LogP contribution in [0.3, 0.4) is 0 Å². The number of aromatic nitrogens is 2. The molecule has 0 aliphatic heterocycles. The Hall–Kier alpha value is -1.94. The Labute approximate surface area is 120 Å². The molecular formula is C16H21N3O. The fraction of sp³-hybridized carbons (Fsp3) is 0.375. The van der Waals surface area contributed by atoms with Crippen molar-refractivity contribution in [2.45, 2.75) is 25.8 Å². The fourth-order valence-electron chi connectivity index (χ4n) is 2.21. The highest BCUT2D eigenvalue weighted by atomic mass is 16.5. The molecule has 0 saturated heterocycles. The van der Waals surface area contributed by atoms with Gasteiger partial charge in [0.2, 0.25) is 5.88 Å². The van der Waals surface area contributed by atoms with Crippen LogP contribution in [-0.4, -0.2) is 23.6 Å². The molecule has 0 bridgehead atoms. The lowest BCUT2D eigenvalue weighted by atomic mass is 10.0. The van der Waals surface area contributed by atoms with Crippen molar-refractivity contribution in [3.8, 4) is 5.88 Å². The Bertz CT molecular complexity index is 516. The molecule has 0 amide bonds. The standard InChI is InChI=1S/C16H21N3O/c1-3-17-14(10-9-13-7-5-4-6-8-13)15-11-16(20-2)19-12-18-15/h4-8,11-12,14,17H,3,9-10H2,1-2H3. The molecule has 1 unspecified atom stereocenters. The minimum Gasteiger partial charge on any atom is -0.481 e. The summed E-state index contributed by atoms with van der Waals surface area (Å²) in [5.41, 5.74) is 2.33. The number of ether oxygens (including phenoxy) is 1. The normalized spacial score (nSPS) is 12.1. The smallest absolute Gasteiger partial charge is 0.216 e. The van der Waals surface area contributed by atoms with Gasteiger partial charge in [0.15, 0.2) is 0 Å². The molecule has 0 fully saturated rings. The minimum absolute atomic E-state index is 0.220. The summed E-state index contributed by atoms with van der Waals surface area (Å²) in [5.74, 6) is 0.609. The fourth-order valence-corrected chi connectivity index (χ4v) is 2.21. The second-order valence-electron chi connectivity index (χ2n) is 4.62.